The zero-order valence-electron chi connectivity index (χ0n) is 21.8. The van der Waals surface area contributed by atoms with Crippen LogP contribution in [0.5, 0.6) is 0 Å². The molecule has 2 amide bonds. The fourth-order valence-electron chi connectivity index (χ4n) is 3.43. The standard InChI is InChI=1S/C26H29F3N4O5S/c1-17-7-9-18(10-8-17)21-16-22(26(27,28)29)31-33(21)19-11-13-20(14-12-19)39(36,37)32-23(34)6-5-15-30-24(35)38-25(2,3)4/h7-14,16H,5-6,15H2,1-4H3,(H,30,35)(H,32,34). The van der Waals surface area contributed by atoms with E-state index in [4.69, 9.17) is 4.74 Å². The molecule has 13 heteroatoms. The summed E-state index contributed by atoms with van der Waals surface area (Å²) in [5, 5.41) is 6.17. The van der Waals surface area contributed by atoms with Gasteiger partial charge >= 0.3 is 12.3 Å². The summed E-state index contributed by atoms with van der Waals surface area (Å²) in [6.07, 6.45) is -5.34. The predicted molar refractivity (Wildman–Crippen MR) is 138 cm³/mol. The van der Waals surface area contributed by atoms with Gasteiger partial charge in [0.25, 0.3) is 10.0 Å². The second-order valence-electron chi connectivity index (χ2n) is 9.75. The molecule has 39 heavy (non-hydrogen) atoms. The number of amides is 2. The largest absolute Gasteiger partial charge is 0.444 e. The van der Waals surface area contributed by atoms with Crippen molar-refractivity contribution in [3.63, 3.8) is 0 Å². The highest BCUT2D eigenvalue weighted by molar-refractivity contribution is 7.90. The van der Waals surface area contributed by atoms with Crippen LogP contribution < -0.4 is 10.0 Å². The Bertz CT molecular complexity index is 1430. The molecule has 9 nitrogen and oxygen atoms in total. The molecule has 0 saturated carbocycles. The number of hydrogen-bond donors (Lipinski definition) is 2. The van der Waals surface area contributed by atoms with Gasteiger partial charge in [-0.15, -0.1) is 0 Å². The molecular formula is C26H29F3N4O5S. The summed E-state index contributed by atoms with van der Waals surface area (Å²) < 4.78 is 73.6. The average molecular weight is 567 g/mol. The first-order valence-electron chi connectivity index (χ1n) is 11.9. The van der Waals surface area contributed by atoms with Gasteiger partial charge in [0.05, 0.1) is 16.3 Å². The molecule has 0 radical (unpaired) electrons. The number of benzene rings is 2. The lowest BCUT2D eigenvalue weighted by molar-refractivity contribution is -0.141. The SMILES string of the molecule is Cc1ccc(-c2cc(C(F)(F)F)nn2-c2ccc(S(=O)(=O)NC(=O)CCCNC(=O)OC(C)(C)C)cc2)cc1. The first-order valence-corrected chi connectivity index (χ1v) is 13.4. The van der Waals surface area contributed by atoms with E-state index in [0.29, 0.717) is 5.56 Å². The Hall–Kier alpha value is -3.87. The summed E-state index contributed by atoms with van der Waals surface area (Å²) in [7, 11) is -4.24. The normalized spacial score (nSPS) is 12.2. The third-order valence-electron chi connectivity index (χ3n) is 5.24. The van der Waals surface area contributed by atoms with Gasteiger partial charge in [-0.05, 0) is 64.4 Å². The molecule has 1 aromatic heterocycles. The monoisotopic (exact) mass is 566 g/mol. The van der Waals surface area contributed by atoms with E-state index in [0.717, 1.165) is 16.3 Å². The summed E-state index contributed by atoms with van der Waals surface area (Å²) in [5.41, 5.74) is 0.0187. The third kappa shape index (κ3) is 8.31. The van der Waals surface area contributed by atoms with E-state index in [1.807, 2.05) is 11.6 Å². The quantitative estimate of drug-likeness (QED) is 0.372. The van der Waals surface area contributed by atoms with Crippen molar-refractivity contribution < 1.29 is 35.9 Å². The maximum atomic E-state index is 13.4. The molecule has 0 fully saturated rings. The second-order valence-corrected chi connectivity index (χ2v) is 11.4. The van der Waals surface area contributed by atoms with Crippen LogP contribution in [-0.4, -0.2) is 42.3 Å². The van der Waals surface area contributed by atoms with Crippen LogP contribution in [0.3, 0.4) is 0 Å². The van der Waals surface area contributed by atoms with Crippen LogP contribution in [-0.2, 0) is 25.7 Å². The van der Waals surface area contributed by atoms with Crippen molar-refractivity contribution in [3.8, 4) is 16.9 Å². The van der Waals surface area contributed by atoms with Gasteiger partial charge in [0.2, 0.25) is 5.91 Å². The molecule has 0 unspecified atom stereocenters. The minimum absolute atomic E-state index is 0.101. The Labute approximate surface area is 224 Å². The fourth-order valence-corrected chi connectivity index (χ4v) is 4.44. The Morgan fingerprint density at radius 2 is 1.62 bits per heavy atom. The fraction of sp³-hybridized carbons (Fsp3) is 0.346. The van der Waals surface area contributed by atoms with E-state index in [1.54, 1.807) is 45.0 Å². The smallest absolute Gasteiger partial charge is 0.435 e. The van der Waals surface area contributed by atoms with E-state index >= 15 is 0 Å². The molecule has 3 rings (SSSR count). The Balaban J connectivity index is 1.70. The van der Waals surface area contributed by atoms with Crippen LogP contribution in [0.4, 0.5) is 18.0 Å². The minimum Gasteiger partial charge on any atom is -0.444 e. The summed E-state index contributed by atoms with van der Waals surface area (Å²) >= 11 is 0. The molecule has 0 atom stereocenters. The van der Waals surface area contributed by atoms with E-state index in [1.165, 1.54) is 24.3 Å². The highest BCUT2D eigenvalue weighted by Gasteiger charge is 2.35. The van der Waals surface area contributed by atoms with Gasteiger partial charge in [-0.1, -0.05) is 29.8 Å². The number of nitrogens with zero attached hydrogens (tertiary/aromatic N) is 2. The highest BCUT2D eigenvalue weighted by Crippen LogP contribution is 2.33. The van der Waals surface area contributed by atoms with E-state index < -0.39 is 39.5 Å². The Morgan fingerprint density at radius 3 is 2.18 bits per heavy atom. The zero-order valence-corrected chi connectivity index (χ0v) is 22.6. The first kappa shape index (κ1) is 29.7. The van der Waals surface area contributed by atoms with Crippen LogP contribution in [0, 0.1) is 6.92 Å². The van der Waals surface area contributed by atoms with Crippen LogP contribution in [0.1, 0.15) is 44.9 Å². The summed E-state index contributed by atoms with van der Waals surface area (Å²) in [6, 6.07) is 12.7. The van der Waals surface area contributed by atoms with Gasteiger partial charge in [0.1, 0.15) is 5.60 Å². The number of hydrogen-bond acceptors (Lipinski definition) is 6. The number of alkyl carbamates (subject to hydrolysis) is 1. The topological polar surface area (TPSA) is 119 Å². The molecule has 0 saturated heterocycles. The summed E-state index contributed by atoms with van der Waals surface area (Å²) in [5.74, 6) is -0.784. The minimum atomic E-state index is -4.68. The van der Waals surface area contributed by atoms with Gasteiger partial charge in [-0.3, -0.25) is 4.79 Å². The summed E-state index contributed by atoms with van der Waals surface area (Å²) in [6.45, 7) is 7.06. The van der Waals surface area contributed by atoms with Gasteiger partial charge in [-0.2, -0.15) is 18.3 Å². The first-order chi connectivity index (χ1) is 18.0. The Kier molecular flexibility index (Phi) is 8.74. The molecule has 210 valence electrons. The number of carbonyl (C=O) groups excluding carboxylic acids is 2. The van der Waals surface area contributed by atoms with E-state index in [2.05, 4.69) is 10.4 Å². The molecule has 0 aliphatic rings. The van der Waals surface area contributed by atoms with Crippen LogP contribution in [0.2, 0.25) is 0 Å². The number of aromatic nitrogens is 2. The number of alkyl halides is 3. The van der Waals surface area contributed by atoms with Crippen molar-refractivity contribution in [1.29, 1.82) is 0 Å². The van der Waals surface area contributed by atoms with Crippen LogP contribution >= 0.6 is 0 Å². The van der Waals surface area contributed by atoms with Crippen molar-refractivity contribution in [2.75, 3.05) is 6.54 Å². The van der Waals surface area contributed by atoms with Crippen LogP contribution in [0.15, 0.2) is 59.5 Å². The van der Waals surface area contributed by atoms with Crippen LogP contribution in [0.25, 0.3) is 16.9 Å². The van der Waals surface area contributed by atoms with Gasteiger partial charge in [0.15, 0.2) is 5.69 Å². The molecular weight excluding hydrogens is 537 g/mol. The Morgan fingerprint density at radius 1 is 1.00 bits per heavy atom. The number of carbonyl (C=O) groups is 2. The van der Waals surface area contributed by atoms with E-state index in [9.17, 15) is 31.2 Å². The third-order valence-corrected chi connectivity index (χ3v) is 6.62. The van der Waals surface area contributed by atoms with Crippen molar-refractivity contribution in [2.45, 2.75) is 57.2 Å². The average Bonchev–Trinajstić information content (AvgIpc) is 3.27. The maximum Gasteiger partial charge on any atom is 0.435 e. The van der Waals surface area contributed by atoms with E-state index in [-0.39, 0.29) is 35.7 Å². The molecule has 1 heterocycles. The number of rotatable bonds is 8. The van der Waals surface area contributed by atoms with Crippen molar-refractivity contribution >= 4 is 22.0 Å². The molecule has 0 bridgehead atoms. The highest BCUT2D eigenvalue weighted by atomic mass is 32.2. The number of sulfonamides is 1. The number of aryl methyl sites for hydroxylation is 1. The maximum absolute atomic E-state index is 13.4. The van der Waals surface area contributed by atoms with Gasteiger partial charge < -0.3 is 10.1 Å². The molecule has 0 spiro atoms. The molecule has 2 N–H and O–H groups in total. The lowest BCUT2D eigenvalue weighted by atomic mass is 10.1. The van der Waals surface area contributed by atoms with Crippen molar-refractivity contribution in [2.24, 2.45) is 0 Å². The van der Waals surface area contributed by atoms with Crippen molar-refractivity contribution in [3.05, 3.63) is 65.9 Å². The molecule has 3 aromatic rings. The van der Waals surface area contributed by atoms with Gasteiger partial charge in [-0.25, -0.2) is 22.6 Å². The molecule has 0 aliphatic carbocycles. The zero-order chi connectivity index (χ0) is 29.0. The number of ether oxygens (including phenoxy) is 1. The summed E-state index contributed by atoms with van der Waals surface area (Å²) in [4.78, 5) is 23.5. The van der Waals surface area contributed by atoms with Crippen molar-refractivity contribution in [1.82, 2.24) is 19.8 Å². The molecule has 2 aromatic carbocycles. The predicted octanol–water partition coefficient (Wildman–Crippen LogP) is 4.98. The second kappa shape index (κ2) is 11.5. The lowest BCUT2D eigenvalue weighted by Crippen LogP contribution is -2.34. The van der Waals surface area contributed by atoms with Gasteiger partial charge in [0, 0.05) is 18.5 Å². The lowest BCUT2D eigenvalue weighted by Gasteiger charge is -2.19. The number of halogens is 3. The molecule has 0 aliphatic heterocycles. The number of nitrogens with one attached hydrogen (secondary N) is 2.